The predicted molar refractivity (Wildman–Crippen MR) is 23.0 cm³/mol. The van der Waals surface area contributed by atoms with Crippen molar-refractivity contribution in [1.29, 1.82) is 0 Å². The van der Waals surface area contributed by atoms with Gasteiger partial charge in [-0.1, -0.05) is 0 Å². The molecular formula is Al2F12Li2Sr2. The molecule has 0 aromatic rings. The molecule has 0 rings (SSSR count). The van der Waals surface area contributed by atoms with E-state index in [1.165, 1.54) is 0 Å². The Labute approximate surface area is 215 Å². The minimum atomic E-state index is 0. The quantitative estimate of drug-likeness (QED) is 0.244. The van der Waals surface area contributed by atoms with Gasteiger partial charge in [0, 0.05) is 0 Å². The molecule has 0 saturated heterocycles. The van der Waals surface area contributed by atoms with Gasteiger partial charge < -0.3 is 56.5 Å². The second-order valence-electron chi connectivity index (χ2n) is 0. The predicted octanol–water partition coefficient (Wildman–Crippen LogP) is -43.5. The van der Waals surface area contributed by atoms with E-state index in [0.717, 1.165) is 0 Å². The third kappa shape index (κ3) is 399. The van der Waals surface area contributed by atoms with Crippen LogP contribution in [0.3, 0.4) is 0 Å². The first kappa shape index (κ1) is 533. The van der Waals surface area contributed by atoms with Crippen LogP contribution in [0, 0.1) is 0 Å². The van der Waals surface area contributed by atoms with Gasteiger partial charge in [-0.25, -0.2) is 0 Å². The van der Waals surface area contributed by atoms with Gasteiger partial charge in [-0.3, -0.25) is 0 Å². The SMILES string of the molecule is [Al+3].[Al+3].[F-].[F-].[F-].[F-].[F-].[F-].[F-].[F-].[F-].[F-].[F-].[F-].[Li+].[Li+].[Sr+2].[Sr+2]. The summed E-state index contributed by atoms with van der Waals surface area (Å²) in [4.78, 5) is 0. The number of halogens is 12. The molecule has 0 radical (unpaired) electrons. The zero-order chi connectivity index (χ0) is 0. The molecule has 96 valence electrons. The first-order chi connectivity index (χ1) is 0. The Balaban J connectivity index is 0. The van der Waals surface area contributed by atoms with Crippen LogP contribution in [0.25, 0.3) is 0 Å². The molecule has 0 saturated carbocycles. The standard InChI is InChI=1S/2Al.12FH.2Li.2Sr/h;;12*1H;;;;/q2*+3;;;;;;;;;;;;;2*+1;2*+2/p-12. The maximum absolute atomic E-state index is 0. The van der Waals surface area contributed by atoms with Gasteiger partial charge in [0.15, 0.2) is 0 Å². The van der Waals surface area contributed by atoms with E-state index in [2.05, 4.69) is 0 Å². The van der Waals surface area contributed by atoms with Crippen molar-refractivity contribution in [1.82, 2.24) is 0 Å². The summed E-state index contributed by atoms with van der Waals surface area (Å²) in [6.07, 6.45) is 0. The summed E-state index contributed by atoms with van der Waals surface area (Å²) < 4.78 is 0. The van der Waals surface area contributed by atoms with E-state index >= 15 is 0 Å². The molecule has 0 atom stereocenters. The van der Waals surface area contributed by atoms with Gasteiger partial charge in [0.1, 0.15) is 0 Å². The summed E-state index contributed by atoms with van der Waals surface area (Å²) in [6.45, 7) is 0. The monoisotopic (exact) mass is 472 g/mol. The van der Waals surface area contributed by atoms with Gasteiger partial charge in [0.2, 0.25) is 0 Å². The summed E-state index contributed by atoms with van der Waals surface area (Å²) in [5.74, 6) is 0. The third-order valence-electron chi connectivity index (χ3n) is 0. The van der Waals surface area contributed by atoms with Crippen LogP contribution in [0.2, 0.25) is 0 Å². The molecule has 0 aliphatic heterocycles. The first-order valence-corrected chi connectivity index (χ1v) is 0. The first-order valence-electron chi connectivity index (χ1n) is 0. The molecule has 0 fully saturated rings. The zero-order valence-electron chi connectivity index (χ0n) is 9.10. The second-order valence-corrected chi connectivity index (χ2v) is 0. The van der Waals surface area contributed by atoms with Crippen molar-refractivity contribution < 1.29 is 94.2 Å². The van der Waals surface area contributed by atoms with Crippen molar-refractivity contribution in [2.45, 2.75) is 0 Å². The van der Waals surface area contributed by atoms with Gasteiger partial charge in [-0.2, -0.15) is 0 Å². The third-order valence-corrected chi connectivity index (χ3v) is 0. The molecule has 0 N–H and O–H groups in total. The van der Waals surface area contributed by atoms with E-state index in [0.29, 0.717) is 0 Å². The molecule has 0 aliphatic carbocycles. The molecule has 0 bridgehead atoms. The van der Waals surface area contributed by atoms with Crippen LogP contribution in [0.15, 0.2) is 0 Å². The van der Waals surface area contributed by atoms with Crippen molar-refractivity contribution >= 4 is 126 Å². The van der Waals surface area contributed by atoms with Crippen LogP contribution in [0.5, 0.6) is 0 Å². The largest absolute Gasteiger partial charge is 3.00 e. The molecule has 18 heavy (non-hydrogen) atoms. The fourth-order valence-electron chi connectivity index (χ4n) is 0. The Morgan fingerprint density at radius 3 is 0.222 bits per heavy atom. The Hall–Kier alpha value is 4.38. The normalized spacial score (nSPS) is 0. The van der Waals surface area contributed by atoms with Crippen LogP contribution in [-0.4, -0.2) is 126 Å². The van der Waals surface area contributed by atoms with E-state index in [-0.39, 0.29) is 220 Å². The Kier molecular flexibility index (Phi) is 13700. The minimum Gasteiger partial charge on any atom is -1.00 e. The van der Waals surface area contributed by atoms with Crippen molar-refractivity contribution in [2.75, 3.05) is 0 Å². The topological polar surface area (TPSA) is 0 Å². The second kappa shape index (κ2) is 463. The van der Waals surface area contributed by atoms with E-state index in [4.69, 9.17) is 0 Å². The fraction of sp³-hybridized carbons (Fsp3) is 0. The zero-order valence-corrected chi connectivity index (χ0v) is 18.4. The van der Waals surface area contributed by atoms with Crippen molar-refractivity contribution in [3.63, 3.8) is 0 Å². The molecule has 0 heterocycles. The van der Waals surface area contributed by atoms with Crippen LogP contribution in [0.4, 0.5) is 0 Å². The molecule has 0 aliphatic rings. The smallest absolute Gasteiger partial charge is 1.00 e. The summed E-state index contributed by atoms with van der Waals surface area (Å²) in [5.41, 5.74) is 0. The van der Waals surface area contributed by atoms with Gasteiger partial charge in [0.25, 0.3) is 0 Å². The number of hydrogen-bond acceptors (Lipinski definition) is 0. The number of rotatable bonds is 0. The van der Waals surface area contributed by atoms with E-state index in [1.54, 1.807) is 0 Å². The van der Waals surface area contributed by atoms with Crippen LogP contribution < -0.4 is 94.2 Å². The van der Waals surface area contributed by atoms with Crippen LogP contribution in [0.1, 0.15) is 0 Å². The Morgan fingerprint density at radius 2 is 0.222 bits per heavy atom. The summed E-state index contributed by atoms with van der Waals surface area (Å²) in [7, 11) is 0. The van der Waals surface area contributed by atoms with Gasteiger partial charge in [0.05, 0.1) is 0 Å². The maximum atomic E-state index is 0. The summed E-state index contributed by atoms with van der Waals surface area (Å²) in [5, 5.41) is 0. The molecule has 0 amide bonds. The van der Waals surface area contributed by atoms with Crippen LogP contribution in [-0.2, 0) is 0 Å². The van der Waals surface area contributed by atoms with E-state index in [1.807, 2.05) is 0 Å². The van der Waals surface area contributed by atoms with E-state index < -0.39 is 0 Å². The summed E-state index contributed by atoms with van der Waals surface area (Å²) >= 11 is 0. The van der Waals surface area contributed by atoms with Crippen molar-refractivity contribution in [2.24, 2.45) is 0 Å². The van der Waals surface area contributed by atoms with Crippen LogP contribution >= 0.6 is 0 Å². The molecular weight excluding hydrogens is 471 g/mol. The maximum Gasteiger partial charge on any atom is 3.00 e. The van der Waals surface area contributed by atoms with Gasteiger partial charge in [-0.15, -0.1) is 0 Å². The van der Waals surface area contributed by atoms with Crippen molar-refractivity contribution in [3.8, 4) is 0 Å². The molecule has 18 heteroatoms. The molecule has 0 spiro atoms. The average molecular weight is 471 g/mol. The Bertz CT molecular complexity index is 26.0. The molecule has 0 aromatic carbocycles. The van der Waals surface area contributed by atoms with E-state index in [9.17, 15) is 0 Å². The molecule has 0 aromatic heterocycles. The molecule has 0 nitrogen and oxygen atoms in total. The minimum absolute atomic E-state index is 0. The average Bonchev–Trinajstić information content (AvgIpc) is 0. The number of hydrogen-bond donors (Lipinski definition) is 0. The Morgan fingerprint density at radius 1 is 0.222 bits per heavy atom. The fourth-order valence-corrected chi connectivity index (χ4v) is 0. The van der Waals surface area contributed by atoms with Crippen molar-refractivity contribution in [3.05, 3.63) is 0 Å². The van der Waals surface area contributed by atoms with Gasteiger partial charge >= 0.3 is 163 Å². The van der Waals surface area contributed by atoms with Gasteiger partial charge in [-0.05, 0) is 0 Å². The summed E-state index contributed by atoms with van der Waals surface area (Å²) in [6, 6.07) is 0. The molecule has 0 unspecified atom stereocenters.